The topological polar surface area (TPSA) is 237 Å². The van der Waals surface area contributed by atoms with E-state index in [1.54, 1.807) is 0 Å². The molecule has 0 amide bonds. The molecule has 0 aliphatic heterocycles. The summed E-state index contributed by atoms with van der Waals surface area (Å²) < 4.78 is 68.3. The lowest BCUT2D eigenvalue weighted by atomic mass is 10.0. The Hall–Kier alpha value is -1.94. The van der Waals surface area contributed by atoms with E-state index in [1.807, 2.05) is 0 Å². The summed E-state index contributed by atoms with van der Waals surface area (Å²) in [6.07, 6.45) is 41.8. The van der Waals surface area contributed by atoms with Crippen molar-refractivity contribution in [3.8, 4) is 0 Å². The Kier molecular flexibility index (Phi) is 58.5. The second kappa shape index (κ2) is 59.8. The number of hydrogen-bond acceptors (Lipinski definition) is 15. The van der Waals surface area contributed by atoms with E-state index >= 15 is 0 Å². The first-order valence-corrected chi connectivity index (χ1v) is 39.2. The summed E-state index contributed by atoms with van der Waals surface area (Å²) in [5.74, 6) is 0.830. The quantitative estimate of drug-likeness (QED) is 0.0222. The van der Waals surface area contributed by atoms with Crippen LogP contribution in [0.2, 0.25) is 0 Å². The van der Waals surface area contributed by atoms with Crippen LogP contribution in [-0.4, -0.2) is 96.7 Å². The molecular weight excluding hydrogens is 1170 g/mol. The Bertz CT molecular complexity index is 1760. The van der Waals surface area contributed by atoms with Gasteiger partial charge in [-0.15, -0.1) is 0 Å². The summed E-state index contributed by atoms with van der Waals surface area (Å²) in [5.41, 5.74) is 0. The molecule has 17 nitrogen and oxygen atoms in total. The molecule has 89 heavy (non-hydrogen) atoms. The van der Waals surface area contributed by atoms with Gasteiger partial charge in [0.15, 0.2) is 12.2 Å². The Morgan fingerprint density at radius 2 is 0.472 bits per heavy atom. The second-order valence-electron chi connectivity index (χ2n) is 27.2. The Labute approximate surface area is 543 Å². The third-order valence-electron chi connectivity index (χ3n) is 16.1. The number of carbonyl (C=O) groups is 4. The SMILES string of the molecule is CC(C)CCCCCCCCCCCCCCC(=O)O[C@H](COC(=O)CCCCCCCCCCC(C)C)COP(=O)(O)OCC(O)COP(=O)(O)OC[C@@H](COC(=O)CCCCCCCCCC(C)C)OC(=O)CCCCCCCCCCCCC(C)C. The van der Waals surface area contributed by atoms with Crippen molar-refractivity contribution in [2.75, 3.05) is 39.6 Å². The summed E-state index contributed by atoms with van der Waals surface area (Å²) in [6.45, 7) is 14.1. The highest BCUT2D eigenvalue weighted by atomic mass is 31.2. The van der Waals surface area contributed by atoms with Crippen LogP contribution < -0.4 is 0 Å². The zero-order valence-corrected chi connectivity index (χ0v) is 59.8. The molecule has 0 rings (SSSR count). The summed E-state index contributed by atoms with van der Waals surface area (Å²) in [6, 6.07) is 0. The van der Waals surface area contributed by atoms with E-state index in [0.29, 0.717) is 31.6 Å². The first-order chi connectivity index (χ1) is 42.6. The van der Waals surface area contributed by atoms with Gasteiger partial charge in [-0.1, -0.05) is 293 Å². The fraction of sp³-hybridized carbons (Fsp3) is 0.943. The van der Waals surface area contributed by atoms with E-state index < -0.39 is 97.5 Å². The molecule has 19 heteroatoms. The highest BCUT2D eigenvalue weighted by Gasteiger charge is 2.30. The number of phosphoric ester groups is 2. The largest absolute Gasteiger partial charge is 0.472 e. The van der Waals surface area contributed by atoms with Crippen molar-refractivity contribution in [1.82, 2.24) is 0 Å². The Morgan fingerprint density at radius 3 is 0.697 bits per heavy atom. The minimum Gasteiger partial charge on any atom is -0.462 e. The minimum atomic E-state index is -4.95. The summed E-state index contributed by atoms with van der Waals surface area (Å²) in [7, 11) is -9.90. The molecule has 528 valence electrons. The first kappa shape index (κ1) is 87.1. The highest BCUT2D eigenvalue weighted by Crippen LogP contribution is 2.45. The number of aliphatic hydroxyl groups excluding tert-OH is 1. The van der Waals surface area contributed by atoms with E-state index in [0.717, 1.165) is 114 Å². The number of phosphoric acid groups is 2. The molecule has 3 N–H and O–H groups in total. The molecule has 0 saturated carbocycles. The number of hydrogen-bond donors (Lipinski definition) is 3. The van der Waals surface area contributed by atoms with Crippen molar-refractivity contribution >= 4 is 39.5 Å². The molecule has 0 aromatic carbocycles. The van der Waals surface area contributed by atoms with Gasteiger partial charge in [0, 0.05) is 25.7 Å². The fourth-order valence-corrected chi connectivity index (χ4v) is 12.1. The van der Waals surface area contributed by atoms with Crippen LogP contribution in [-0.2, 0) is 65.4 Å². The van der Waals surface area contributed by atoms with Gasteiger partial charge >= 0.3 is 39.5 Å². The molecule has 0 bridgehead atoms. The molecule has 0 aromatic rings. The Morgan fingerprint density at radius 1 is 0.281 bits per heavy atom. The lowest BCUT2D eigenvalue weighted by Crippen LogP contribution is -2.30. The van der Waals surface area contributed by atoms with Gasteiger partial charge < -0.3 is 33.8 Å². The van der Waals surface area contributed by atoms with Crippen molar-refractivity contribution in [2.45, 2.75) is 363 Å². The van der Waals surface area contributed by atoms with E-state index in [-0.39, 0.29) is 25.7 Å². The van der Waals surface area contributed by atoms with Gasteiger partial charge in [0.2, 0.25) is 0 Å². The molecule has 5 atom stereocenters. The number of rotatable bonds is 67. The summed E-state index contributed by atoms with van der Waals surface area (Å²) >= 11 is 0. The van der Waals surface area contributed by atoms with Gasteiger partial charge in [0.05, 0.1) is 26.4 Å². The van der Waals surface area contributed by atoms with Gasteiger partial charge in [-0.2, -0.15) is 0 Å². The molecule has 0 aliphatic rings. The standard InChI is InChI=1S/C70H136O17P2/c1-60(2)46-38-30-22-15-11-9-10-12-17-27-36-44-52-69(74)86-65(56-80-67(72)50-42-34-26-20-19-24-32-40-48-62(5)6)58-84-88(76,77)82-54-64(71)55-83-89(78,79)85-59-66(57-81-68(73)51-43-35-29-21-25-33-41-49-63(7)8)87-70(75)53-45-37-28-18-14-13-16-23-31-39-47-61(3)4/h60-66,71H,9-59H2,1-8H3,(H,76,77)(H,78,79)/t64?,65-,66-/m1/s1. The van der Waals surface area contributed by atoms with E-state index in [1.165, 1.54) is 141 Å². The zero-order valence-electron chi connectivity index (χ0n) is 58.1. The lowest BCUT2D eigenvalue weighted by molar-refractivity contribution is -0.161. The van der Waals surface area contributed by atoms with Crippen LogP contribution in [0.15, 0.2) is 0 Å². The van der Waals surface area contributed by atoms with Gasteiger partial charge in [-0.05, 0) is 49.4 Å². The molecule has 0 saturated heterocycles. The average molecular weight is 1310 g/mol. The first-order valence-electron chi connectivity index (χ1n) is 36.2. The van der Waals surface area contributed by atoms with Gasteiger partial charge in [0.1, 0.15) is 19.3 Å². The number of ether oxygens (including phenoxy) is 4. The maximum Gasteiger partial charge on any atom is 0.472 e. The summed E-state index contributed by atoms with van der Waals surface area (Å²) in [5, 5.41) is 10.6. The normalized spacial score (nSPS) is 14.3. The number of unbranched alkanes of at least 4 members (excludes halogenated alkanes) is 33. The van der Waals surface area contributed by atoms with E-state index in [2.05, 4.69) is 55.4 Å². The van der Waals surface area contributed by atoms with Gasteiger partial charge in [-0.25, -0.2) is 9.13 Å². The Balaban J connectivity index is 5.26. The van der Waals surface area contributed by atoms with E-state index in [4.69, 9.17) is 37.0 Å². The van der Waals surface area contributed by atoms with Crippen LogP contribution in [0.5, 0.6) is 0 Å². The monoisotopic (exact) mass is 1310 g/mol. The third kappa shape index (κ3) is 64.6. The minimum absolute atomic E-state index is 0.105. The summed E-state index contributed by atoms with van der Waals surface area (Å²) in [4.78, 5) is 72.5. The van der Waals surface area contributed by atoms with Crippen LogP contribution in [0.25, 0.3) is 0 Å². The third-order valence-corrected chi connectivity index (χ3v) is 18.0. The van der Waals surface area contributed by atoms with Crippen LogP contribution >= 0.6 is 15.6 Å². The molecular formula is C70H136O17P2. The highest BCUT2D eigenvalue weighted by molar-refractivity contribution is 7.47. The predicted molar refractivity (Wildman–Crippen MR) is 358 cm³/mol. The van der Waals surface area contributed by atoms with Gasteiger partial charge in [0.25, 0.3) is 0 Å². The van der Waals surface area contributed by atoms with Crippen LogP contribution in [0.4, 0.5) is 0 Å². The smallest absolute Gasteiger partial charge is 0.462 e. The molecule has 0 spiro atoms. The van der Waals surface area contributed by atoms with Crippen molar-refractivity contribution in [3.63, 3.8) is 0 Å². The van der Waals surface area contributed by atoms with Crippen molar-refractivity contribution < 1.29 is 80.2 Å². The molecule has 0 aromatic heterocycles. The van der Waals surface area contributed by atoms with Crippen LogP contribution in [0.1, 0.15) is 344 Å². The fourth-order valence-electron chi connectivity index (χ4n) is 10.5. The van der Waals surface area contributed by atoms with Crippen molar-refractivity contribution in [2.24, 2.45) is 23.7 Å². The maximum absolute atomic E-state index is 13.0. The van der Waals surface area contributed by atoms with Crippen LogP contribution in [0.3, 0.4) is 0 Å². The molecule has 0 fully saturated rings. The van der Waals surface area contributed by atoms with Crippen LogP contribution in [0, 0.1) is 23.7 Å². The van der Waals surface area contributed by atoms with Crippen molar-refractivity contribution in [3.05, 3.63) is 0 Å². The average Bonchev–Trinajstić information content (AvgIpc) is 3.57. The lowest BCUT2D eigenvalue weighted by Gasteiger charge is -2.21. The number of carbonyl (C=O) groups excluding carboxylic acids is 4. The molecule has 0 radical (unpaired) electrons. The maximum atomic E-state index is 13.0. The van der Waals surface area contributed by atoms with Crippen molar-refractivity contribution in [1.29, 1.82) is 0 Å². The molecule has 0 aliphatic carbocycles. The number of aliphatic hydroxyl groups is 1. The number of esters is 4. The predicted octanol–water partition coefficient (Wildman–Crippen LogP) is 19.7. The van der Waals surface area contributed by atoms with Gasteiger partial charge in [-0.3, -0.25) is 37.3 Å². The van der Waals surface area contributed by atoms with E-state index in [9.17, 15) is 43.2 Å². The zero-order chi connectivity index (χ0) is 66.1. The molecule has 3 unspecified atom stereocenters. The second-order valence-corrected chi connectivity index (χ2v) is 30.1. The molecule has 0 heterocycles.